The van der Waals surface area contributed by atoms with Crippen molar-refractivity contribution in [3.8, 4) is 0 Å². The molecule has 0 saturated heterocycles. The maximum Gasteiger partial charge on any atom is 0.761 e. The molecule has 0 aromatic heterocycles. The maximum absolute atomic E-state index is 8.74. The largest absolute Gasteiger partial charge is 0.761 e. The molecule has 0 amide bonds. The molecular weight excluding hydrogens is 151 g/mol. The zero-order valence-electron chi connectivity index (χ0n) is 4.22. The van der Waals surface area contributed by atoms with E-state index in [0.717, 1.165) is 0 Å². The molecule has 0 radical (unpaired) electrons. The zero-order chi connectivity index (χ0) is 7.15. The standard InChI is InChI=1S/BH3O3.H2O3Si.H2O/c2-1(3)4;1-4(2)3;/h2-4H;1-2H;1H2. The van der Waals surface area contributed by atoms with Crippen molar-refractivity contribution in [2.45, 2.75) is 0 Å². The van der Waals surface area contributed by atoms with Gasteiger partial charge in [0, 0.05) is 0 Å². The van der Waals surface area contributed by atoms with Crippen molar-refractivity contribution in [1.82, 2.24) is 0 Å². The van der Waals surface area contributed by atoms with Crippen molar-refractivity contribution in [2.75, 3.05) is 0 Å². The lowest BCUT2D eigenvalue weighted by Crippen LogP contribution is -2.07. The van der Waals surface area contributed by atoms with Crippen LogP contribution in [0.3, 0.4) is 0 Å². The van der Waals surface area contributed by atoms with E-state index in [1.165, 1.54) is 0 Å². The molecule has 9 heteroatoms. The molecular formula is H7BO7Si. The van der Waals surface area contributed by atoms with Crippen LogP contribution in [0.25, 0.3) is 0 Å². The van der Waals surface area contributed by atoms with E-state index >= 15 is 0 Å². The highest BCUT2D eigenvalue weighted by Gasteiger charge is 1.92. The molecule has 7 N–H and O–H groups in total. The van der Waals surface area contributed by atoms with Crippen LogP contribution in [0.2, 0.25) is 0 Å². The molecule has 0 rings (SSSR count). The van der Waals surface area contributed by atoms with Gasteiger partial charge in [-0.3, -0.25) is 4.46 Å². The minimum absolute atomic E-state index is 0. The third kappa shape index (κ3) is 1000. The summed E-state index contributed by atoms with van der Waals surface area (Å²) < 4.78 is 8.74. The molecule has 9 heavy (non-hydrogen) atoms. The molecule has 0 aliphatic rings. The second-order valence-corrected chi connectivity index (χ2v) is 1.19. The molecule has 0 unspecified atom stereocenters. The monoisotopic (exact) mass is 158 g/mol. The second kappa shape index (κ2) is 10.5. The Bertz CT molecular complexity index is 53.2. The van der Waals surface area contributed by atoms with Gasteiger partial charge in [-0.1, -0.05) is 0 Å². The van der Waals surface area contributed by atoms with Crippen molar-refractivity contribution < 1.29 is 34.6 Å². The molecule has 0 aromatic rings. The van der Waals surface area contributed by atoms with Crippen LogP contribution in [0, 0.1) is 0 Å². The summed E-state index contributed by atoms with van der Waals surface area (Å²) in [6, 6.07) is 0. The van der Waals surface area contributed by atoms with Crippen molar-refractivity contribution >= 4 is 16.5 Å². The fraction of sp³-hybridized carbons (Fsp3) is 0. The zero-order valence-corrected chi connectivity index (χ0v) is 5.22. The van der Waals surface area contributed by atoms with Crippen LogP contribution in [0.15, 0.2) is 0 Å². The van der Waals surface area contributed by atoms with E-state index in [9.17, 15) is 0 Å². The van der Waals surface area contributed by atoms with Gasteiger partial charge >= 0.3 is 16.5 Å². The Morgan fingerprint density at radius 2 is 1.11 bits per heavy atom. The van der Waals surface area contributed by atoms with E-state index in [0.29, 0.717) is 0 Å². The van der Waals surface area contributed by atoms with Gasteiger partial charge in [-0.15, -0.1) is 0 Å². The molecule has 0 saturated carbocycles. The van der Waals surface area contributed by atoms with Gasteiger partial charge in [0.15, 0.2) is 0 Å². The van der Waals surface area contributed by atoms with Crippen LogP contribution >= 0.6 is 0 Å². The molecule has 0 aliphatic heterocycles. The van der Waals surface area contributed by atoms with Crippen LogP contribution < -0.4 is 0 Å². The van der Waals surface area contributed by atoms with Gasteiger partial charge in [0.1, 0.15) is 0 Å². The van der Waals surface area contributed by atoms with E-state index in [1.54, 1.807) is 0 Å². The van der Waals surface area contributed by atoms with Gasteiger partial charge in [0.25, 0.3) is 0 Å². The van der Waals surface area contributed by atoms with E-state index in [-0.39, 0.29) is 5.48 Å². The smallest absolute Gasteiger partial charge is 0.511 e. The third-order valence-electron chi connectivity index (χ3n) is 0. The van der Waals surface area contributed by atoms with Gasteiger partial charge in [-0.2, -0.15) is 0 Å². The highest BCUT2D eigenvalue weighted by atomic mass is 28.3. The first-order valence-corrected chi connectivity index (χ1v) is 2.73. The molecule has 0 fully saturated rings. The topological polar surface area (TPSA) is 150 Å². The average Bonchev–Trinajstić information content (AvgIpc) is 1.25. The van der Waals surface area contributed by atoms with Crippen molar-refractivity contribution in [1.29, 1.82) is 0 Å². The quantitative estimate of drug-likeness (QED) is 0.224. The van der Waals surface area contributed by atoms with Gasteiger partial charge in [-0.25, -0.2) is 0 Å². The average molecular weight is 158 g/mol. The SMILES string of the molecule is O.O=[Si](O)O.OB(O)O. The molecule has 0 heterocycles. The predicted octanol–water partition coefficient (Wildman–Crippen LogP) is -4.49. The van der Waals surface area contributed by atoms with Gasteiger partial charge < -0.3 is 30.1 Å². The van der Waals surface area contributed by atoms with E-state index < -0.39 is 16.5 Å². The minimum atomic E-state index is -3.13. The van der Waals surface area contributed by atoms with Crippen molar-refractivity contribution in [3.05, 3.63) is 0 Å². The van der Waals surface area contributed by atoms with Crippen LogP contribution in [-0.2, 0) is 4.46 Å². The molecule has 0 bridgehead atoms. The summed E-state index contributed by atoms with van der Waals surface area (Å²) in [4.78, 5) is 14.3. The molecule has 0 aliphatic carbocycles. The fourth-order valence-electron chi connectivity index (χ4n) is 0. The van der Waals surface area contributed by atoms with Crippen molar-refractivity contribution in [3.63, 3.8) is 0 Å². The highest BCUT2D eigenvalue weighted by molar-refractivity contribution is 6.30. The Labute approximate surface area is 52.2 Å². The predicted molar refractivity (Wildman–Crippen MR) is 26.9 cm³/mol. The van der Waals surface area contributed by atoms with E-state index in [2.05, 4.69) is 0 Å². The summed E-state index contributed by atoms with van der Waals surface area (Å²) in [5.41, 5.74) is 0. The Morgan fingerprint density at radius 1 is 1.11 bits per heavy atom. The van der Waals surface area contributed by atoms with Crippen molar-refractivity contribution in [2.24, 2.45) is 0 Å². The Hall–Kier alpha value is -0.478. The minimum Gasteiger partial charge on any atom is -0.511 e. The number of rotatable bonds is 0. The summed E-state index contributed by atoms with van der Waals surface area (Å²) in [6.45, 7) is 0. The first-order chi connectivity index (χ1) is 3.46. The first kappa shape index (κ1) is 15.8. The summed E-state index contributed by atoms with van der Waals surface area (Å²) in [6.07, 6.45) is 0. The maximum atomic E-state index is 8.74. The van der Waals surface area contributed by atoms with Crippen LogP contribution in [0.4, 0.5) is 0 Å². The summed E-state index contributed by atoms with van der Waals surface area (Å²) in [5.74, 6) is 0. The lowest BCUT2D eigenvalue weighted by molar-refractivity contribution is 0.278. The highest BCUT2D eigenvalue weighted by Crippen LogP contribution is 1.40. The molecule has 0 spiro atoms. The fourth-order valence-corrected chi connectivity index (χ4v) is 0. The summed E-state index contributed by atoms with van der Waals surface area (Å²) >= 11 is 0. The first-order valence-electron chi connectivity index (χ1n) is 1.43. The molecule has 7 nitrogen and oxygen atoms in total. The lowest BCUT2D eigenvalue weighted by Gasteiger charge is -1.69. The van der Waals surface area contributed by atoms with Gasteiger partial charge in [0.2, 0.25) is 0 Å². The van der Waals surface area contributed by atoms with Gasteiger partial charge in [0.05, 0.1) is 0 Å². The normalized spacial score (nSPS) is 5.67. The van der Waals surface area contributed by atoms with Crippen LogP contribution in [0.5, 0.6) is 0 Å². The Kier molecular flexibility index (Phi) is 18.4. The molecule has 0 aromatic carbocycles. The summed E-state index contributed by atoms with van der Waals surface area (Å²) in [5, 5.41) is 21.5. The van der Waals surface area contributed by atoms with E-state index in [4.69, 9.17) is 29.1 Å². The Balaban J connectivity index is -0.0000000720. The van der Waals surface area contributed by atoms with Crippen LogP contribution in [0.1, 0.15) is 0 Å². The lowest BCUT2D eigenvalue weighted by atomic mass is 10.3. The number of hydrogen-bond acceptors (Lipinski definition) is 4. The summed E-state index contributed by atoms with van der Waals surface area (Å²) in [7, 11) is -5.30. The second-order valence-electron chi connectivity index (χ2n) is 0.629. The van der Waals surface area contributed by atoms with Gasteiger partial charge in [-0.05, 0) is 0 Å². The molecule has 0 atom stereocenters. The van der Waals surface area contributed by atoms with Crippen LogP contribution in [-0.4, -0.2) is 46.6 Å². The Morgan fingerprint density at radius 3 is 1.11 bits per heavy atom. The van der Waals surface area contributed by atoms with E-state index in [1.807, 2.05) is 0 Å². The third-order valence-corrected chi connectivity index (χ3v) is 0. The molecule has 56 valence electrons. The number of hydrogen-bond donors (Lipinski definition) is 5.